The highest BCUT2D eigenvalue weighted by molar-refractivity contribution is 5.78. The van der Waals surface area contributed by atoms with E-state index in [1.165, 1.54) is 5.56 Å². The summed E-state index contributed by atoms with van der Waals surface area (Å²) in [5.41, 5.74) is 2.82. The Labute approximate surface area is 120 Å². The van der Waals surface area contributed by atoms with Gasteiger partial charge in [0.2, 0.25) is 5.91 Å². The Hall–Kier alpha value is -1.68. The Balaban J connectivity index is 1.99. The zero-order valence-corrected chi connectivity index (χ0v) is 11.8. The molecule has 0 aliphatic rings. The van der Waals surface area contributed by atoms with Crippen LogP contribution >= 0.6 is 0 Å². The minimum absolute atomic E-state index is 0.307. The van der Waals surface area contributed by atoms with Crippen molar-refractivity contribution in [3.05, 3.63) is 35.9 Å². The molecule has 0 unspecified atom stereocenters. The Morgan fingerprint density at radius 2 is 1.55 bits per heavy atom. The molecule has 0 fully saturated rings. The van der Waals surface area contributed by atoms with Crippen LogP contribution in [0.3, 0.4) is 0 Å². The maximum absolute atomic E-state index is 11.7. The molecule has 0 bridgehead atoms. The lowest BCUT2D eigenvalue weighted by atomic mass is 10.0. The van der Waals surface area contributed by atoms with Crippen LogP contribution in [0.2, 0.25) is 0 Å². The molecule has 0 aromatic heterocycles. The molecule has 0 saturated carbocycles. The molecule has 1 amide bonds. The van der Waals surface area contributed by atoms with Gasteiger partial charge in [0.1, 0.15) is 5.78 Å². The van der Waals surface area contributed by atoms with E-state index in [4.69, 9.17) is 5.21 Å². The fourth-order valence-corrected chi connectivity index (χ4v) is 2.07. The van der Waals surface area contributed by atoms with Crippen molar-refractivity contribution in [3.63, 3.8) is 0 Å². The van der Waals surface area contributed by atoms with Crippen LogP contribution in [0.15, 0.2) is 30.3 Å². The van der Waals surface area contributed by atoms with Crippen molar-refractivity contribution in [3.8, 4) is 0 Å². The van der Waals surface area contributed by atoms with Crippen LogP contribution in [0.1, 0.15) is 50.5 Å². The van der Waals surface area contributed by atoms with Gasteiger partial charge in [-0.2, -0.15) is 0 Å². The highest BCUT2D eigenvalue weighted by Crippen LogP contribution is 2.09. The highest BCUT2D eigenvalue weighted by Gasteiger charge is 2.03. The SMILES string of the molecule is O=C(CCCCCCC(=O)NO)CCc1ccccc1. The molecule has 0 aliphatic heterocycles. The van der Waals surface area contributed by atoms with E-state index in [1.54, 1.807) is 5.48 Å². The number of unbranched alkanes of at least 4 members (excludes halogenated alkanes) is 3. The molecule has 110 valence electrons. The number of hydroxylamine groups is 1. The average Bonchev–Trinajstić information content (AvgIpc) is 2.49. The van der Waals surface area contributed by atoms with E-state index in [1.807, 2.05) is 30.3 Å². The summed E-state index contributed by atoms with van der Waals surface area (Å²) in [6.07, 6.45) is 5.90. The summed E-state index contributed by atoms with van der Waals surface area (Å²) in [5.74, 6) is -0.0362. The van der Waals surface area contributed by atoms with E-state index in [0.29, 0.717) is 25.0 Å². The number of aryl methyl sites for hydroxylation is 1. The van der Waals surface area contributed by atoms with Gasteiger partial charge in [-0.3, -0.25) is 14.8 Å². The molecule has 1 rings (SSSR count). The minimum atomic E-state index is -0.344. The van der Waals surface area contributed by atoms with E-state index in [-0.39, 0.29) is 5.91 Å². The molecule has 0 atom stereocenters. The van der Waals surface area contributed by atoms with Crippen molar-refractivity contribution in [1.29, 1.82) is 0 Å². The molecule has 4 heteroatoms. The number of hydrogen-bond acceptors (Lipinski definition) is 3. The Morgan fingerprint density at radius 1 is 0.900 bits per heavy atom. The van der Waals surface area contributed by atoms with Gasteiger partial charge in [0.15, 0.2) is 0 Å². The fourth-order valence-electron chi connectivity index (χ4n) is 2.07. The van der Waals surface area contributed by atoms with Gasteiger partial charge in [-0.05, 0) is 24.8 Å². The molecule has 0 heterocycles. The van der Waals surface area contributed by atoms with Crippen LogP contribution in [0, 0.1) is 0 Å². The highest BCUT2D eigenvalue weighted by atomic mass is 16.5. The molecule has 0 radical (unpaired) electrons. The topological polar surface area (TPSA) is 66.4 Å². The summed E-state index contributed by atoms with van der Waals surface area (Å²) >= 11 is 0. The summed E-state index contributed by atoms with van der Waals surface area (Å²) < 4.78 is 0. The van der Waals surface area contributed by atoms with E-state index < -0.39 is 0 Å². The number of Topliss-reactive ketones (excluding diaryl/α,β-unsaturated/α-hetero) is 1. The molecular formula is C16H23NO3. The van der Waals surface area contributed by atoms with Crippen molar-refractivity contribution >= 4 is 11.7 Å². The van der Waals surface area contributed by atoms with Crippen LogP contribution in [0.5, 0.6) is 0 Å². The van der Waals surface area contributed by atoms with E-state index >= 15 is 0 Å². The predicted octanol–water partition coefficient (Wildman–Crippen LogP) is 3.03. The standard InChI is InChI=1S/C16H23NO3/c18-15(13-12-14-8-4-3-5-9-14)10-6-1-2-7-11-16(19)17-20/h3-5,8-9,20H,1-2,6-7,10-13H2,(H,17,19). The maximum atomic E-state index is 11.7. The summed E-state index contributed by atoms with van der Waals surface area (Å²) in [6, 6.07) is 10.0. The second kappa shape index (κ2) is 10.1. The molecule has 0 aliphatic carbocycles. The summed E-state index contributed by atoms with van der Waals surface area (Å²) in [6.45, 7) is 0. The van der Waals surface area contributed by atoms with E-state index in [0.717, 1.165) is 32.1 Å². The lowest BCUT2D eigenvalue weighted by molar-refractivity contribution is -0.129. The maximum Gasteiger partial charge on any atom is 0.243 e. The van der Waals surface area contributed by atoms with Gasteiger partial charge in [-0.15, -0.1) is 0 Å². The number of carbonyl (C=O) groups is 2. The smallest absolute Gasteiger partial charge is 0.243 e. The summed E-state index contributed by atoms with van der Waals surface area (Å²) in [4.78, 5) is 22.5. The van der Waals surface area contributed by atoms with E-state index in [9.17, 15) is 9.59 Å². The fraction of sp³-hybridized carbons (Fsp3) is 0.500. The van der Waals surface area contributed by atoms with Gasteiger partial charge in [0, 0.05) is 19.3 Å². The lowest BCUT2D eigenvalue weighted by Gasteiger charge is -2.02. The van der Waals surface area contributed by atoms with Crippen LogP contribution in [-0.2, 0) is 16.0 Å². The van der Waals surface area contributed by atoms with Crippen molar-refractivity contribution in [2.75, 3.05) is 0 Å². The normalized spacial score (nSPS) is 10.2. The number of carbonyl (C=O) groups excluding carboxylic acids is 2. The van der Waals surface area contributed by atoms with Crippen LogP contribution in [0.4, 0.5) is 0 Å². The van der Waals surface area contributed by atoms with Gasteiger partial charge < -0.3 is 0 Å². The number of hydrogen-bond donors (Lipinski definition) is 2. The zero-order valence-electron chi connectivity index (χ0n) is 11.8. The molecule has 2 N–H and O–H groups in total. The van der Waals surface area contributed by atoms with Crippen molar-refractivity contribution in [2.24, 2.45) is 0 Å². The molecule has 0 saturated heterocycles. The molecule has 4 nitrogen and oxygen atoms in total. The molecule has 0 spiro atoms. The first-order chi connectivity index (χ1) is 9.72. The second-order valence-electron chi connectivity index (χ2n) is 4.97. The summed E-state index contributed by atoms with van der Waals surface area (Å²) in [7, 11) is 0. The predicted molar refractivity (Wildman–Crippen MR) is 77.4 cm³/mol. The quantitative estimate of drug-likeness (QED) is 0.392. The van der Waals surface area contributed by atoms with Crippen LogP contribution < -0.4 is 5.48 Å². The Morgan fingerprint density at radius 3 is 2.20 bits per heavy atom. The minimum Gasteiger partial charge on any atom is -0.300 e. The first-order valence-corrected chi connectivity index (χ1v) is 7.21. The number of benzene rings is 1. The third-order valence-corrected chi connectivity index (χ3v) is 3.27. The molecule has 1 aromatic rings. The van der Waals surface area contributed by atoms with Gasteiger partial charge in [0.25, 0.3) is 0 Å². The number of ketones is 1. The van der Waals surface area contributed by atoms with Gasteiger partial charge in [0.05, 0.1) is 0 Å². The third-order valence-electron chi connectivity index (χ3n) is 3.27. The zero-order chi connectivity index (χ0) is 14.6. The Bertz CT molecular complexity index is 403. The van der Waals surface area contributed by atoms with E-state index in [2.05, 4.69) is 0 Å². The first-order valence-electron chi connectivity index (χ1n) is 7.21. The summed E-state index contributed by atoms with van der Waals surface area (Å²) in [5, 5.41) is 8.32. The van der Waals surface area contributed by atoms with Crippen LogP contribution in [-0.4, -0.2) is 16.9 Å². The largest absolute Gasteiger partial charge is 0.300 e. The molecule has 1 aromatic carbocycles. The monoisotopic (exact) mass is 277 g/mol. The lowest BCUT2D eigenvalue weighted by Crippen LogP contribution is -2.17. The molecule has 20 heavy (non-hydrogen) atoms. The van der Waals surface area contributed by atoms with Gasteiger partial charge in [-0.1, -0.05) is 43.2 Å². The average molecular weight is 277 g/mol. The first kappa shape index (κ1) is 16.4. The third kappa shape index (κ3) is 7.69. The number of rotatable bonds is 10. The second-order valence-corrected chi connectivity index (χ2v) is 4.97. The van der Waals surface area contributed by atoms with Crippen molar-refractivity contribution < 1.29 is 14.8 Å². The van der Waals surface area contributed by atoms with Crippen molar-refractivity contribution in [1.82, 2.24) is 5.48 Å². The van der Waals surface area contributed by atoms with Gasteiger partial charge >= 0.3 is 0 Å². The Kier molecular flexibility index (Phi) is 8.31. The number of amides is 1. The van der Waals surface area contributed by atoms with Crippen LogP contribution in [0.25, 0.3) is 0 Å². The van der Waals surface area contributed by atoms with Gasteiger partial charge in [-0.25, -0.2) is 5.48 Å². The molecular weight excluding hydrogens is 254 g/mol. The number of nitrogens with one attached hydrogen (secondary N) is 1. The van der Waals surface area contributed by atoms with Crippen molar-refractivity contribution in [2.45, 2.75) is 51.4 Å².